The number of rotatable bonds is 1. The van der Waals surface area contributed by atoms with Crippen molar-refractivity contribution in [3.05, 3.63) is 23.2 Å². The summed E-state index contributed by atoms with van der Waals surface area (Å²) >= 11 is 3.74. The first-order valence-corrected chi connectivity index (χ1v) is 6.08. The van der Waals surface area contributed by atoms with Crippen LogP contribution in [0.15, 0.2) is 23.2 Å². The molecule has 0 spiro atoms. The summed E-state index contributed by atoms with van der Waals surface area (Å²) in [6.07, 6.45) is 12.6. The highest BCUT2D eigenvalue weighted by Crippen LogP contribution is 2.53. The SMILES string of the molecule is C=CC12CCCCC1CCC=C2Br. The summed E-state index contributed by atoms with van der Waals surface area (Å²) in [4.78, 5) is 0. The molecule has 2 aliphatic carbocycles. The molecule has 2 rings (SSSR count). The second-order valence-corrected chi connectivity index (χ2v) is 5.17. The summed E-state index contributed by atoms with van der Waals surface area (Å²) in [5.41, 5.74) is 0.316. The maximum Gasteiger partial charge on any atom is 0.0220 e. The van der Waals surface area contributed by atoms with Gasteiger partial charge in [0.2, 0.25) is 0 Å². The molecule has 0 saturated heterocycles. The Morgan fingerprint density at radius 2 is 2.31 bits per heavy atom. The van der Waals surface area contributed by atoms with Crippen molar-refractivity contribution in [1.29, 1.82) is 0 Å². The van der Waals surface area contributed by atoms with Gasteiger partial charge in [-0.3, -0.25) is 0 Å². The van der Waals surface area contributed by atoms with Crippen LogP contribution in [0.4, 0.5) is 0 Å². The zero-order valence-corrected chi connectivity index (χ0v) is 9.65. The van der Waals surface area contributed by atoms with Gasteiger partial charge in [0, 0.05) is 9.90 Å². The van der Waals surface area contributed by atoms with E-state index >= 15 is 0 Å². The Hall–Kier alpha value is -0.0400. The van der Waals surface area contributed by atoms with E-state index in [2.05, 4.69) is 34.7 Å². The van der Waals surface area contributed by atoms with Crippen molar-refractivity contribution in [1.82, 2.24) is 0 Å². The van der Waals surface area contributed by atoms with Crippen LogP contribution in [-0.4, -0.2) is 0 Å². The maximum atomic E-state index is 4.04. The summed E-state index contributed by atoms with van der Waals surface area (Å²) < 4.78 is 1.41. The van der Waals surface area contributed by atoms with E-state index in [9.17, 15) is 0 Å². The lowest BCUT2D eigenvalue weighted by Crippen LogP contribution is -2.34. The summed E-state index contributed by atoms with van der Waals surface area (Å²) in [5.74, 6) is 0.859. The molecule has 2 unspecified atom stereocenters. The normalized spacial score (nSPS) is 39.2. The number of halogens is 1. The second kappa shape index (κ2) is 3.61. The third-order valence-electron chi connectivity index (χ3n) is 3.77. The molecule has 0 aromatic rings. The summed E-state index contributed by atoms with van der Waals surface area (Å²) in [6.45, 7) is 4.04. The van der Waals surface area contributed by atoms with Crippen LogP contribution in [0, 0.1) is 11.3 Å². The molecular formula is C12H17Br. The third kappa shape index (κ3) is 1.41. The molecule has 2 aliphatic rings. The van der Waals surface area contributed by atoms with Crippen LogP contribution >= 0.6 is 15.9 Å². The van der Waals surface area contributed by atoms with Crippen molar-refractivity contribution in [3.8, 4) is 0 Å². The van der Waals surface area contributed by atoms with Crippen molar-refractivity contribution < 1.29 is 0 Å². The molecule has 2 atom stereocenters. The molecule has 0 heterocycles. The van der Waals surface area contributed by atoms with Crippen molar-refractivity contribution in [3.63, 3.8) is 0 Å². The molecule has 0 aromatic heterocycles. The molecule has 1 saturated carbocycles. The summed E-state index contributed by atoms with van der Waals surface area (Å²) in [5, 5.41) is 0. The van der Waals surface area contributed by atoms with E-state index in [0.29, 0.717) is 5.41 Å². The van der Waals surface area contributed by atoms with Gasteiger partial charge in [0.15, 0.2) is 0 Å². The molecule has 0 aromatic carbocycles. The van der Waals surface area contributed by atoms with Crippen LogP contribution in [0.3, 0.4) is 0 Å². The highest BCUT2D eigenvalue weighted by Gasteiger charge is 2.41. The second-order valence-electron chi connectivity index (χ2n) is 4.32. The fourth-order valence-electron chi connectivity index (χ4n) is 2.95. The van der Waals surface area contributed by atoms with E-state index in [1.807, 2.05) is 0 Å². The average Bonchev–Trinajstić information content (AvgIpc) is 2.19. The molecule has 0 aliphatic heterocycles. The topological polar surface area (TPSA) is 0 Å². The Labute approximate surface area is 89.2 Å². The van der Waals surface area contributed by atoms with E-state index in [-0.39, 0.29) is 0 Å². The molecule has 1 heteroatoms. The number of hydrogen-bond acceptors (Lipinski definition) is 0. The molecule has 0 N–H and O–H groups in total. The monoisotopic (exact) mass is 240 g/mol. The minimum Gasteiger partial charge on any atom is -0.102 e. The molecule has 13 heavy (non-hydrogen) atoms. The lowest BCUT2D eigenvalue weighted by atomic mass is 9.62. The van der Waals surface area contributed by atoms with E-state index in [0.717, 1.165) is 5.92 Å². The first kappa shape index (κ1) is 9.51. The zero-order chi connectivity index (χ0) is 9.31. The van der Waals surface area contributed by atoms with Crippen LogP contribution in [0.5, 0.6) is 0 Å². The van der Waals surface area contributed by atoms with Gasteiger partial charge >= 0.3 is 0 Å². The third-order valence-corrected chi connectivity index (χ3v) is 4.83. The van der Waals surface area contributed by atoms with Crippen LogP contribution < -0.4 is 0 Å². The van der Waals surface area contributed by atoms with E-state index in [1.165, 1.54) is 43.0 Å². The maximum absolute atomic E-state index is 4.04. The molecule has 0 radical (unpaired) electrons. The Balaban J connectivity index is 2.34. The van der Waals surface area contributed by atoms with Gasteiger partial charge in [0.05, 0.1) is 0 Å². The van der Waals surface area contributed by atoms with Gasteiger partial charge in [-0.2, -0.15) is 0 Å². The number of fused-ring (bicyclic) bond motifs is 1. The van der Waals surface area contributed by atoms with Crippen LogP contribution in [0.25, 0.3) is 0 Å². The van der Waals surface area contributed by atoms with Crippen LogP contribution in [0.1, 0.15) is 38.5 Å². The molecule has 0 bridgehead atoms. The van der Waals surface area contributed by atoms with Gasteiger partial charge in [-0.15, -0.1) is 6.58 Å². The van der Waals surface area contributed by atoms with Crippen molar-refractivity contribution in [2.24, 2.45) is 11.3 Å². The molecule has 0 nitrogen and oxygen atoms in total. The Morgan fingerprint density at radius 1 is 1.46 bits per heavy atom. The lowest BCUT2D eigenvalue weighted by molar-refractivity contribution is 0.181. The highest BCUT2D eigenvalue weighted by molar-refractivity contribution is 9.11. The molecule has 1 fully saturated rings. The van der Waals surface area contributed by atoms with Crippen molar-refractivity contribution in [2.75, 3.05) is 0 Å². The predicted molar refractivity (Wildman–Crippen MR) is 60.8 cm³/mol. The van der Waals surface area contributed by atoms with Crippen LogP contribution in [-0.2, 0) is 0 Å². The minimum absolute atomic E-state index is 0.316. The predicted octanol–water partition coefficient (Wildman–Crippen LogP) is 4.42. The van der Waals surface area contributed by atoms with Gasteiger partial charge < -0.3 is 0 Å². The first-order valence-electron chi connectivity index (χ1n) is 5.29. The van der Waals surface area contributed by atoms with Gasteiger partial charge in [-0.1, -0.05) is 40.9 Å². The Bertz CT molecular complexity index is 242. The fraction of sp³-hybridized carbons (Fsp3) is 0.667. The molecular weight excluding hydrogens is 224 g/mol. The standard InChI is InChI=1S/C12H17Br/c1-2-12-9-4-3-6-10(12)7-5-8-11(12)13/h2,8,10H,1,3-7,9H2. The summed E-state index contributed by atoms with van der Waals surface area (Å²) in [6, 6.07) is 0. The summed E-state index contributed by atoms with van der Waals surface area (Å²) in [7, 11) is 0. The lowest BCUT2D eigenvalue weighted by Gasteiger charge is -2.44. The van der Waals surface area contributed by atoms with Gasteiger partial charge in [-0.25, -0.2) is 0 Å². The van der Waals surface area contributed by atoms with Gasteiger partial charge in [0.25, 0.3) is 0 Å². The molecule has 72 valence electrons. The van der Waals surface area contributed by atoms with E-state index in [1.54, 1.807) is 0 Å². The average molecular weight is 241 g/mol. The zero-order valence-electron chi connectivity index (χ0n) is 8.06. The Morgan fingerprint density at radius 3 is 3.00 bits per heavy atom. The van der Waals surface area contributed by atoms with Crippen molar-refractivity contribution in [2.45, 2.75) is 38.5 Å². The highest BCUT2D eigenvalue weighted by atomic mass is 79.9. The van der Waals surface area contributed by atoms with Crippen molar-refractivity contribution >= 4 is 15.9 Å². The largest absolute Gasteiger partial charge is 0.102 e. The van der Waals surface area contributed by atoms with Gasteiger partial charge in [0.1, 0.15) is 0 Å². The number of hydrogen-bond donors (Lipinski definition) is 0. The first-order chi connectivity index (χ1) is 6.29. The van der Waals surface area contributed by atoms with Crippen LogP contribution in [0.2, 0.25) is 0 Å². The quantitative estimate of drug-likeness (QED) is 0.596. The smallest absolute Gasteiger partial charge is 0.0220 e. The van der Waals surface area contributed by atoms with E-state index < -0.39 is 0 Å². The van der Waals surface area contributed by atoms with Gasteiger partial charge in [-0.05, 0) is 31.6 Å². The molecule has 0 amide bonds. The Kier molecular flexibility index (Phi) is 2.64. The minimum atomic E-state index is 0.316. The van der Waals surface area contributed by atoms with E-state index in [4.69, 9.17) is 0 Å². The fourth-order valence-corrected chi connectivity index (χ4v) is 3.87. The number of allylic oxidation sites excluding steroid dienone is 3.